The molecule has 1 amide bonds. The number of ether oxygens (including phenoxy) is 2. The van der Waals surface area contributed by atoms with E-state index in [-0.39, 0.29) is 5.91 Å². The van der Waals surface area contributed by atoms with Crippen LogP contribution in [0.1, 0.15) is 32.1 Å². The van der Waals surface area contributed by atoms with Gasteiger partial charge in [0.05, 0.1) is 30.8 Å². The van der Waals surface area contributed by atoms with E-state index in [2.05, 4.69) is 53.7 Å². The summed E-state index contributed by atoms with van der Waals surface area (Å²) >= 11 is 0. The summed E-state index contributed by atoms with van der Waals surface area (Å²) < 4.78 is 13.7. The lowest BCUT2D eigenvalue weighted by molar-refractivity contribution is -0.170. The number of aromatic nitrogens is 2. The van der Waals surface area contributed by atoms with Crippen LogP contribution >= 0.6 is 0 Å². The third kappa shape index (κ3) is 4.02. The SMILES string of the molecule is COCCN1CC=CC[C@]2(CN(Cc3nc4ccccc4n3C(C)C)CCO2)C1=O. The van der Waals surface area contributed by atoms with Gasteiger partial charge >= 0.3 is 0 Å². The van der Waals surface area contributed by atoms with Gasteiger partial charge in [0.2, 0.25) is 0 Å². The minimum Gasteiger partial charge on any atom is -0.383 e. The highest BCUT2D eigenvalue weighted by atomic mass is 16.5. The molecular weight excluding hydrogens is 380 g/mol. The largest absolute Gasteiger partial charge is 0.383 e. The maximum atomic E-state index is 13.4. The van der Waals surface area contributed by atoms with Gasteiger partial charge in [-0.05, 0) is 26.0 Å². The molecule has 1 aromatic heterocycles. The second kappa shape index (κ2) is 8.88. The van der Waals surface area contributed by atoms with Crippen molar-refractivity contribution in [2.24, 2.45) is 0 Å². The summed E-state index contributed by atoms with van der Waals surface area (Å²) in [7, 11) is 1.66. The van der Waals surface area contributed by atoms with Crippen LogP contribution in [0.15, 0.2) is 36.4 Å². The molecule has 1 atom stereocenters. The van der Waals surface area contributed by atoms with Gasteiger partial charge in [0.25, 0.3) is 5.91 Å². The predicted octanol–water partition coefficient (Wildman–Crippen LogP) is 2.62. The van der Waals surface area contributed by atoms with E-state index in [1.165, 1.54) is 0 Å². The second-order valence-corrected chi connectivity index (χ2v) is 8.45. The first-order valence-electron chi connectivity index (χ1n) is 10.8. The number of carbonyl (C=O) groups excluding carboxylic acids is 1. The smallest absolute Gasteiger partial charge is 0.256 e. The molecule has 0 unspecified atom stereocenters. The Kier molecular flexibility index (Phi) is 6.22. The number of amides is 1. The van der Waals surface area contributed by atoms with Crippen molar-refractivity contribution in [1.82, 2.24) is 19.4 Å². The summed E-state index contributed by atoms with van der Waals surface area (Å²) in [4.78, 5) is 22.5. The van der Waals surface area contributed by atoms with E-state index in [0.717, 1.165) is 23.4 Å². The van der Waals surface area contributed by atoms with E-state index in [1.54, 1.807) is 7.11 Å². The molecule has 30 heavy (non-hydrogen) atoms. The van der Waals surface area contributed by atoms with E-state index >= 15 is 0 Å². The molecule has 162 valence electrons. The molecule has 2 aliphatic rings. The van der Waals surface area contributed by atoms with Crippen molar-refractivity contribution in [2.75, 3.05) is 46.5 Å². The van der Waals surface area contributed by atoms with Crippen molar-refractivity contribution in [2.45, 2.75) is 38.5 Å². The molecule has 1 aromatic carbocycles. The Hall–Kier alpha value is -2.22. The van der Waals surface area contributed by atoms with Gasteiger partial charge in [-0.25, -0.2) is 4.98 Å². The number of methoxy groups -OCH3 is 1. The van der Waals surface area contributed by atoms with Gasteiger partial charge in [-0.3, -0.25) is 9.69 Å². The summed E-state index contributed by atoms with van der Waals surface area (Å²) in [5, 5.41) is 0. The number of rotatable bonds is 6. The number of nitrogens with zero attached hydrogens (tertiary/aromatic N) is 4. The second-order valence-electron chi connectivity index (χ2n) is 8.45. The van der Waals surface area contributed by atoms with Crippen molar-refractivity contribution < 1.29 is 14.3 Å². The summed E-state index contributed by atoms with van der Waals surface area (Å²) in [5.41, 5.74) is 1.35. The Morgan fingerprint density at radius 2 is 2.10 bits per heavy atom. The molecule has 2 aliphatic heterocycles. The monoisotopic (exact) mass is 412 g/mol. The van der Waals surface area contributed by atoms with E-state index in [9.17, 15) is 4.79 Å². The summed E-state index contributed by atoms with van der Waals surface area (Å²) in [6.07, 6.45) is 4.74. The lowest BCUT2D eigenvalue weighted by Crippen LogP contribution is -2.60. The fraction of sp³-hybridized carbons (Fsp3) is 0.565. The number of carbonyl (C=O) groups is 1. The Morgan fingerprint density at radius 1 is 1.27 bits per heavy atom. The van der Waals surface area contributed by atoms with E-state index in [4.69, 9.17) is 14.5 Å². The zero-order valence-corrected chi connectivity index (χ0v) is 18.2. The van der Waals surface area contributed by atoms with Crippen LogP contribution in [0, 0.1) is 0 Å². The average molecular weight is 413 g/mol. The molecule has 1 fully saturated rings. The lowest BCUT2D eigenvalue weighted by atomic mass is 9.95. The topological polar surface area (TPSA) is 59.8 Å². The normalized spacial score (nSPS) is 23.1. The standard InChI is InChI=1S/C23H32N4O3/c1-18(2)27-20-9-5-4-8-19(20)24-21(27)16-25-12-15-30-23(17-25)10-6-7-11-26(22(23)28)13-14-29-3/h4-9,18H,10-17H2,1-3H3/t23-/m0/s1. The molecule has 0 aliphatic carbocycles. The fourth-order valence-corrected chi connectivity index (χ4v) is 4.55. The molecule has 2 aromatic rings. The molecule has 1 spiro atoms. The number of para-hydroxylation sites is 2. The molecular formula is C23H32N4O3. The van der Waals surface area contributed by atoms with E-state index in [1.807, 2.05) is 11.0 Å². The molecule has 1 saturated heterocycles. The molecule has 0 radical (unpaired) electrons. The zero-order valence-electron chi connectivity index (χ0n) is 18.2. The van der Waals surface area contributed by atoms with Gasteiger partial charge in [0.1, 0.15) is 5.82 Å². The third-order valence-electron chi connectivity index (χ3n) is 6.00. The van der Waals surface area contributed by atoms with Crippen LogP contribution in [0.4, 0.5) is 0 Å². The number of morpholine rings is 1. The first-order valence-corrected chi connectivity index (χ1v) is 10.8. The molecule has 0 N–H and O–H groups in total. The van der Waals surface area contributed by atoms with Crippen LogP contribution in [0.3, 0.4) is 0 Å². The maximum absolute atomic E-state index is 13.4. The quantitative estimate of drug-likeness (QED) is 0.683. The highest BCUT2D eigenvalue weighted by molar-refractivity contribution is 5.86. The average Bonchev–Trinajstić information content (AvgIpc) is 3.04. The van der Waals surface area contributed by atoms with E-state index < -0.39 is 5.60 Å². The first-order chi connectivity index (χ1) is 14.5. The maximum Gasteiger partial charge on any atom is 0.256 e. The lowest BCUT2D eigenvalue weighted by Gasteiger charge is -2.42. The molecule has 3 heterocycles. The van der Waals surface area contributed by atoms with Gasteiger partial charge < -0.3 is 18.9 Å². The van der Waals surface area contributed by atoms with Crippen molar-refractivity contribution in [3.8, 4) is 0 Å². The van der Waals surface area contributed by atoms with Crippen LogP contribution in [0.2, 0.25) is 0 Å². The number of hydrogen-bond donors (Lipinski definition) is 0. The number of imidazole rings is 1. The summed E-state index contributed by atoms with van der Waals surface area (Å²) in [6.45, 7) is 8.69. The van der Waals surface area contributed by atoms with E-state index in [0.29, 0.717) is 51.9 Å². The minimum atomic E-state index is -0.826. The minimum absolute atomic E-state index is 0.0617. The van der Waals surface area contributed by atoms with Crippen molar-refractivity contribution in [3.05, 3.63) is 42.2 Å². The Bertz CT molecular complexity index is 922. The van der Waals surface area contributed by atoms with Gasteiger partial charge in [-0.15, -0.1) is 0 Å². The van der Waals surface area contributed by atoms with Crippen LogP contribution in [-0.4, -0.2) is 77.4 Å². The Balaban J connectivity index is 1.57. The van der Waals surface area contributed by atoms with Gasteiger partial charge in [0.15, 0.2) is 5.60 Å². The number of hydrogen-bond acceptors (Lipinski definition) is 5. The number of fused-ring (bicyclic) bond motifs is 1. The fourth-order valence-electron chi connectivity index (χ4n) is 4.55. The molecule has 7 heteroatoms. The Morgan fingerprint density at radius 3 is 2.90 bits per heavy atom. The summed E-state index contributed by atoms with van der Waals surface area (Å²) in [6, 6.07) is 8.58. The summed E-state index contributed by atoms with van der Waals surface area (Å²) in [5.74, 6) is 1.10. The molecule has 0 saturated carbocycles. The first kappa shape index (κ1) is 21.0. The molecule has 4 rings (SSSR count). The van der Waals surface area contributed by atoms with Gasteiger partial charge in [-0.1, -0.05) is 24.3 Å². The number of benzene rings is 1. The van der Waals surface area contributed by atoms with Crippen LogP contribution < -0.4 is 0 Å². The third-order valence-corrected chi connectivity index (χ3v) is 6.00. The molecule has 7 nitrogen and oxygen atoms in total. The Labute approximate surface area is 178 Å². The predicted molar refractivity (Wildman–Crippen MR) is 116 cm³/mol. The van der Waals surface area contributed by atoms with Crippen LogP contribution in [0.5, 0.6) is 0 Å². The van der Waals surface area contributed by atoms with Crippen molar-refractivity contribution in [3.63, 3.8) is 0 Å². The highest BCUT2D eigenvalue weighted by Crippen LogP contribution is 2.29. The zero-order chi connectivity index (χ0) is 21.1. The molecule has 0 bridgehead atoms. The van der Waals surface area contributed by atoms with Gasteiger partial charge in [-0.2, -0.15) is 0 Å². The van der Waals surface area contributed by atoms with Crippen molar-refractivity contribution in [1.29, 1.82) is 0 Å². The van der Waals surface area contributed by atoms with Crippen molar-refractivity contribution >= 4 is 16.9 Å². The van der Waals surface area contributed by atoms with Crippen LogP contribution in [-0.2, 0) is 20.8 Å². The van der Waals surface area contributed by atoms with Gasteiger partial charge in [0, 0.05) is 45.8 Å². The highest BCUT2D eigenvalue weighted by Gasteiger charge is 2.46. The van der Waals surface area contributed by atoms with Crippen LogP contribution in [0.25, 0.3) is 11.0 Å².